The average Bonchev–Trinajstić information content (AvgIpc) is 2.99. The van der Waals surface area contributed by atoms with Crippen molar-refractivity contribution in [1.82, 2.24) is 10.7 Å². The Hall–Kier alpha value is -2.61. The zero-order valence-corrected chi connectivity index (χ0v) is 12.1. The molecule has 0 unspecified atom stereocenters. The number of hydrogen-bond donors (Lipinski definition) is 2. The van der Waals surface area contributed by atoms with Gasteiger partial charge in [0.05, 0.1) is 6.21 Å². The highest BCUT2D eigenvalue weighted by Gasteiger charge is 2.13. The molecule has 8 nitrogen and oxygen atoms in total. The van der Waals surface area contributed by atoms with Crippen molar-refractivity contribution in [1.29, 1.82) is 0 Å². The summed E-state index contributed by atoms with van der Waals surface area (Å²) < 4.78 is 15.2. The van der Waals surface area contributed by atoms with Gasteiger partial charge in [-0.15, -0.1) is 0 Å². The third-order valence-electron chi connectivity index (χ3n) is 2.79. The largest absolute Gasteiger partial charge is 0.454 e. The average molecular weight is 307 g/mol. The van der Waals surface area contributed by atoms with Crippen LogP contribution in [0.3, 0.4) is 0 Å². The molecule has 1 aliphatic heterocycles. The van der Waals surface area contributed by atoms with E-state index >= 15 is 0 Å². The summed E-state index contributed by atoms with van der Waals surface area (Å²) in [6, 6.07) is 5.23. The van der Waals surface area contributed by atoms with Crippen molar-refractivity contribution in [2.75, 3.05) is 27.1 Å². The van der Waals surface area contributed by atoms with Crippen molar-refractivity contribution >= 4 is 18.0 Å². The molecule has 0 radical (unpaired) electrons. The first-order chi connectivity index (χ1) is 10.7. The first kappa shape index (κ1) is 15.8. The minimum Gasteiger partial charge on any atom is -0.454 e. The molecule has 118 valence electrons. The van der Waals surface area contributed by atoms with E-state index in [-0.39, 0.29) is 6.79 Å². The predicted molar refractivity (Wildman–Crippen MR) is 77.8 cm³/mol. The highest BCUT2D eigenvalue weighted by atomic mass is 16.7. The fraction of sp³-hybridized carbons (Fsp3) is 0.357. The Morgan fingerprint density at radius 1 is 1.32 bits per heavy atom. The Morgan fingerprint density at radius 2 is 2.14 bits per heavy atom. The lowest BCUT2D eigenvalue weighted by Crippen LogP contribution is -2.38. The fourth-order valence-corrected chi connectivity index (χ4v) is 1.71. The Balaban J connectivity index is 1.76. The van der Waals surface area contributed by atoms with E-state index in [0.717, 1.165) is 0 Å². The van der Waals surface area contributed by atoms with Crippen LogP contribution in [0, 0.1) is 0 Å². The van der Waals surface area contributed by atoms with Crippen LogP contribution in [0.15, 0.2) is 23.3 Å². The van der Waals surface area contributed by atoms with Crippen LogP contribution in [-0.4, -0.2) is 45.1 Å². The number of ether oxygens (including phenoxy) is 3. The van der Waals surface area contributed by atoms with Crippen LogP contribution in [0.2, 0.25) is 0 Å². The number of fused-ring (bicyclic) bond motifs is 1. The predicted octanol–water partition coefficient (Wildman–Crippen LogP) is 0.0181. The molecular weight excluding hydrogens is 290 g/mol. The van der Waals surface area contributed by atoms with Gasteiger partial charge in [0.1, 0.15) is 0 Å². The normalized spacial score (nSPS) is 12.4. The van der Waals surface area contributed by atoms with Gasteiger partial charge in [0.15, 0.2) is 11.5 Å². The van der Waals surface area contributed by atoms with Crippen LogP contribution >= 0.6 is 0 Å². The van der Waals surface area contributed by atoms with Gasteiger partial charge in [0.25, 0.3) is 0 Å². The number of benzene rings is 1. The van der Waals surface area contributed by atoms with Gasteiger partial charge in [-0.1, -0.05) is 0 Å². The van der Waals surface area contributed by atoms with E-state index in [1.807, 2.05) is 0 Å². The third kappa shape index (κ3) is 4.45. The van der Waals surface area contributed by atoms with Crippen molar-refractivity contribution in [2.45, 2.75) is 6.42 Å². The van der Waals surface area contributed by atoms with E-state index in [1.165, 1.54) is 6.21 Å². The third-order valence-corrected chi connectivity index (χ3v) is 2.79. The maximum absolute atomic E-state index is 11.5. The second-order valence-electron chi connectivity index (χ2n) is 4.41. The van der Waals surface area contributed by atoms with Gasteiger partial charge in [-0.2, -0.15) is 5.10 Å². The molecule has 2 N–H and O–H groups in total. The SMILES string of the molecule is COCCCNC(=O)C(=O)N/N=C\c1ccc2c(c1)OCO2. The lowest BCUT2D eigenvalue weighted by molar-refractivity contribution is -0.139. The lowest BCUT2D eigenvalue weighted by atomic mass is 10.2. The van der Waals surface area contributed by atoms with Crippen LogP contribution in [0.5, 0.6) is 11.5 Å². The quantitative estimate of drug-likeness (QED) is 0.334. The fourth-order valence-electron chi connectivity index (χ4n) is 1.71. The topological polar surface area (TPSA) is 98.2 Å². The highest BCUT2D eigenvalue weighted by Crippen LogP contribution is 2.31. The lowest BCUT2D eigenvalue weighted by Gasteiger charge is -2.03. The molecule has 22 heavy (non-hydrogen) atoms. The molecule has 0 bridgehead atoms. The van der Waals surface area contributed by atoms with E-state index < -0.39 is 11.8 Å². The first-order valence-electron chi connectivity index (χ1n) is 6.70. The van der Waals surface area contributed by atoms with Gasteiger partial charge in [0, 0.05) is 20.3 Å². The van der Waals surface area contributed by atoms with Gasteiger partial charge in [-0.3, -0.25) is 9.59 Å². The molecule has 8 heteroatoms. The molecule has 1 heterocycles. The number of nitrogens with one attached hydrogen (secondary N) is 2. The molecule has 0 aromatic heterocycles. The van der Waals surface area contributed by atoms with Crippen molar-refractivity contribution in [2.24, 2.45) is 5.10 Å². The summed E-state index contributed by atoms with van der Waals surface area (Å²) in [5.74, 6) is -0.281. The summed E-state index contributed by atoms with van der Waals surface area (Å²) in [4.78, 5) is 22.9. The molecule has 2 amide bonds. The number of hydrazone groups is 1. The second-order valence-corrected chi connectivity index (χ2v) is 4.41. The van der Waals surface area contributed by atoms with Crippen LogP contribution in [0.4, 0.5) is 0 Å². The zero-order chi connectivity index (χ0) is 15.8. The van der Waals surface area contributed by atoms with Crippen LogP contribution in [-0.2, 0) is 14.3 Å². The van der Waals surface area contributed by atoms with Crippen LogP contribution in [0.1, 0.15) is 12.0 Å². The molecule has 0 spiro atoms. The number of carbonyl (C=O) groups is 2. The molecule has 0 saturated heterocycles. The first-order valence-corrected chi connectivity index (χ1v) is 6.70. The second kappa shape index (κ2) is 7.99. The molecule has 0 atom stereocenters. The summed E-state index contributed by atoms with van der Waals surface area (Å²) in [6.45, 7) is 1.08. The standard InChI is InChI=1S/C14H17N3O5/c1-20-6-2-5-15-13(18)14(19)17-16-8-10-3-4-11-12(7-10)22-9-21-11/h3-4,7-8H,2,5-6,9H2,1H3,(H,15,18)(H,17,19)/b16-8-. The molecule has 1 aromatic rings. The van der Waals surface area contributed by atoms with E-state index in [2.05, 4.69) is 15.8 Å². The van der Waals surface area contributed by atoms with Gasteiger partial charge in [-0.05, 0) is 30.2 Å². The molecule has 0 aliphatic carbocycles. The van der Waals surface area contributed by atoms with Crippen molar-refractivity contribution in [3.8, 4) is 11.5 Å². The van der Waals surface area contributed by atoms with Crippen LogP contribution < -0.4 is 20.2 Å². The number of hydrogen-bond acceptors (Lipinski definition) is 6. The van der Waals surface area contributed by atoms with E-state index in [4.69, 9.17) is 14.2 Å². The summed E-state index contributed by atoms with van der Waals surface area (Å²) in [6.07, 6.45) is 2.05. The number of rotatable bonds is 6. The van der Waals surface area contributed by atoms with E-state index in [0.29, 0.717) is 36.6 Å². The Labute approximate surface area is 127 Å². The summed E-state index contributed by atoms with van der Waals surface area (Å²) in [5.41, 5.74) is 2.87. The van der Waals surface area contributed by atoms with Gasteiger partial charge in [0.2, 0.25) is 6.79 Å². The molecule has 1 aliphatic rings. The summed E-state index contributed by atoms with van der Waals surface area (Å²) in [7, 11) is 1.57. The zero-order valence-electron chi connectivity index (χ0n) is 12.1. The van der Waals surface area contributed by atoms with Crippen molar-refractivity contribution < 1.29 is 23.8 Å². The summed E-state index contributed by atoms with van der Waals surface area (Å²) >= 11 is 0. The monoisotopic (exact) mass is 307 g/mol. The number of nitrogens with zero attached hydrogens (tertiary/aromatic N) is 1. The molecule has 0 fully saturated rings. The van der Waals surface area contributed by atoms with Crippen molar-refractivity contribution in [3.05, 3.63) is 23.8 Å². The Kier molecular flexibility index (Phi) is 5.73. The molecule has 2 rings (SSSR count). The van der Waals surface area contributed by atoms with Crippen LogP contribution in [0.25, 0.3) is 0 Å². The minimum atomic E-state index is -0.825. The number of methoxy groups -OCH3 is 1. The summed E-state index contributed by atoms with van der Waals surface area (Å²) in [5, 5.41) is 6.18. The Bertz CT molecular complexity index is 574. The molecule has 1 aromatic carbocycles. The minimum absolute atomic E-state index is 0.190. The van der Waals surface area contributed by atoms with Gasteiger partial charge >= 0.3 is 11.8 Å². The smallest absolute Gasteiger partial charge is 0.329 e. The van der Waals surface area contributed by atoms with E-state index in [9.17, 15) is 9.59 Å². The van der Waals surface area contributed by atoms with E-state index in [1.54, 1.807) is 25.3 Å². The number of amides is 2. The molecular formula is C14H17N3O5. The molecule has 0 saturated carbocycles. The van der Waals surface area contributed by atoms with Gasteiger partial charge in [-0.25, -0.2) is 5.43 Å². The maximum atomic E-state index is 11.5. The maximum Gasteiger partial charge on any atom is 0.329 e. The highest BCUT2D eigenvalue weighted by molar-refractivity contribution is 6.35. The van der Waals surface area contributed by atoms with Gasteiger partial charge < -0.3 is 19.5 Å². The number of carbonyl (C=O) groups excluding carboxylic acids is 2. The Morgan fingerprint density at radius 3 is 2.95 bits per heavy atom. The van der Waals surface area contributed by atoms with Crippen molar-refractivity contribution in [3.63, 3.8) is 0 Å².